The number of benzene rings is 1. The average Bonchev–Trinajstić information content (AvgIpc) is 2.69. The summed E-state index contributed by atoms with van der Waals surface area (Å²) in [7, 11) is 2.85. The van der Waals surface area contributed by atoms with Gasteiger partial charge in [-0.3, -0.25) is 9.79 Å². The molecule has 0 fully saturated rings. The Labute approximate surface area is 160 Å². The monoisotopic (exact) mass is 385 g/mol. The quantitative estimate of drug-likeness (QED) is 0.416. The van der Waals surface area contributed by atoms with Gasteiger partial charge in [0.05, 0.1) is 20.8 Å². The summed E-state index contributed by atoms with van der Waals surface area (Å²) < 4.78 is 11.2. The predicted octanol–water partition coefficient (Wildman–Crippen LogP) is 2.34. The first-order valence-electron chi connectivity index (χ1n) is 7.92. The zero-order valence-electron chi connectivity index (χ0n) is 15.0. The minimum Gasteiger partial charge on any atom is -0.496 e. The molecule has 7 nitrogen and oxygen atoms in total. The van der Waals surface area contributed by atoms with Gasteiger partial charge in [-0.05, 0) is 29.8 Å². The van der Waals surface area contributed by atoms with E-state index < -0.39 is 11.4 Å². The topological polar surface area (TPSA) is 82.3 Å². The Kier molecular flexibility index (Phi) is 7.45. The van der Waals surface area contributed by atoms with Crippen LogP contribution in [0.15, 0.2) is 64.0 Å². The Morgan fingerprint density at radius 3 is 2.81 bits per heavy atom. The van der Waals surface area contributed by atoms with Crippen molar-refractivity contribution in [2.24, 2.45) is 10.1 Å². The number of carbonyl (C=O) groups is 1. The molecular formula is C19H19N3O4S. The van der Waals surface area contributed by atoms with Crippen LogP contribution < -0.4 is 15.7 Å². The summed E-state index contributed by atoms with van der Waals surface area (Å²) in [4.78, 5) is 28.3. The van der Waals surface area contributed by atoms with E-state index in [0.29, 0.717) is 0 Å². The molecule has 2 aromatic rings. The molecule has 0 radical (unpaired) electrons. The van der Waals surface area contributed by atoms with Crippen LogP contribution in [-0.2, 0) is 4.74 Å². The summed E-state index contributed by atoms with van der Waals surface area (Å²) in [6.07, 6.45) is 6.57. The fourth-order valence-corrected chi connectivity index (χ4v) is 2.89. The molecule has 0 spiro atoms. The Balaban J connectivity index is 2.40. The summed E-state index contributed by atoms with van der Waals surface area (Å²) in [5.41, 5.74) is 0.556. The first kappa shape index (κ1) is 20.1. The fourth-order valence-electron chi connectivity index (χ4n) is 2.05. The number of methoxy groups -OCH3 is 2. The molecule has 27 heavy (non-hydrogen) atoms. The molecule has 0 N–H and O–H groups in total. The lowest BCUT2D eigenvalue weighted by Crippen LogP contribution is -2.33. The first-order valence-corrected chi connectivity index (χ1v) is 8.69. The number of ether oxygens (including phenoxy) is 2. The summed E-state index contributed by atoms with van der Waals surface area (Å²) in [6, 6.07) is 8.71. The van der Waals surface area contributed by atoms with Gasteiger partial charge in [-0.2, -0.15) is 9.17 Å². The molecule has 140 valence electrons. The highest BCUT2D eigenvalue weighted by Crippen LogP contribution is 2.18. The number of esters is 1. The van der Waals surface area contributed by atoms with E-state index in [-0.39, 0.29) is 16.9 Å². The standard InChI is InChI=1S/C19H19N3O4S/c1-4-11-20-18-15(23)13-17(19(24)26-3)27-22(18)21-12-7-9-14-8-5-6-10-16(14)25-2/h4-10,12-13H,1,11H2,2-3H3/b9-7+,20-18?,21-12+. The summed E-state index contributed by atoms with van der Waals surface area (Å²) >= 11 is 0.958. The van der Waals surface area contributed by atoms with E-state index in [2.05, 4.69) is 21.4 Å². The Bertz CT molecular complexity index is 1000. The van der Waals surface area contributed by atoms with Crippen molar-refractivity contribution in [1.82, 2.24) is 4.07 Å². The van der Waals surface area contributed by atoms with Crippen molar-refractivity contribution >= 4 is 29.8 Å². The Hall–Kier alpha value is -3.26. The van der Waals surface area contributed by atoms with Gasteiger partial charge in [0.25, 0.3) is 0 Å². The molecule has 1 heterocycles. The third-order valence-electron chi connectivity index (χ3n) is 3.28. The maximum absolute atomic E-state index is 12.3. The molecule has 0 unspecified atom stereocenters. The van der Waals surface area contributed by atoms with Crippen molar-refractivity contribution in [3.8, 4) is 5.75 Å². The van der Waals surface area contributed by atoms with Crippen LogP contribution in [0, 0.1) is 0 Å². The first-order chi connectivity index (χ1) is 13.1. The highest BCUT2D eigenvalue weighted by molar-refractivity contribution is 7.08. The minimum atomic E-state index is -0.610. The van der Waals surface area contributed by atoms with Gasteiger partial charge < -0.3 is 9.47 Å². The van der Waals surface area contributed by atoms with Crippen molar-refractivity contribution in [2.75, 3.05) is 20.8 Å². The van der Waals surface area contributed by atoms with Gasteiger partial charge in [0.1, 0.15) is 10.6 Å². The van der Waals surface area contributed by atoms with Crippen molar-refractivity contribution in [2.45, 2.75) is 0 Å². The van der Waals surface area contributed by atoms with Crippen molar-refractivity contribution in [3.05, 3.63) is 75.2 Å². The molecular weight excluding hydrogens is 366 g/mol. The van der Waals surface area contributed by atoms with Crippen molar-refractivity contribution in [3.63, 3.8) is 0 Å². The molecule has 0 aliphatic carbocycles. The Morgan fingerprint density at radius 2 is 2.11 bits per heavy atom. The molecule has 1 aromatic carbocycles. The fraction of sp³-hybridized carbons (Fsp3) is 0.158. The molecule has 0 aliphatic heterocycles. The van der Waals surface area contributed by atoms with Gasteiger partial charge in [0, 0.05) is 17.8 Å². The summed E-state index contributed by atoms with van der Waals surface area (Å²) in [5.74, 6) is 0.120. The minimum absolute atomic E-state index is 0.106. The molecule has 8 heteroatoms. The second-order valence-corrected chi connectivity index (χ2v) is 6.02. The van der Waals surface area contributed by atoms with Gasteiger partial charge in [-0.15, -0.1) is 6.58 Å². The van der Waals surface area contributed by atoms with E-state index in [9.17, 15) is 9.59 Å². The zero-order valence-corrected chi connectivity index (χ0v) is 15.8. The molecule has 1 aromatic heterocycles. The smallest absolute Gasteiger partial charge is 0.349 e. The molecule has 2 rings (SSSR count). The van der Waals surface area contributed by atoms with Crippen LogP contribution in [-0.4, -0.2) is 37.0 Å². The predicted molar refractivity (Wildman–Crippen MR) is 106 cm³/mol. The van der Waals surface area contributed by atoms with Crippen molar-refractivity contribution in [1.29, 1.82) is 0 Å². The van der Waals surface area contributed by atoms with Crippen molar-refractivity contribution < 1.29 is 14.3 Å². The third kappa shape index (κ3) is 5.35. The number of rotatable bonds is 7. The van der Waals surface area contributed by atoms with Gasteiger partial charge in [0.2, 0.25) is 10.9 Å². The number of hydrogen-bond donors (Lipinski definition) is 0. The van der Waals surface area contributed by atoms with Crippen LogP contribution in [0.25, 0.3) is 6.08 Å². The molecule has 0 atom stereocenters. The van der Waals surface area contributed by atoms with Gasteiger partial charge >= 0.3 is 5.97 Å². The molecule has 0 bridgehead atoms. The lowest BCUT2D eigenvalue weighted by atomic mass is 10.2. The van der Waals surface area contributed by atoms with Crippen LogP contribution >= 0.6 is 11.5 Å². The number of aromatic nitrogens is 1. The molecule has 0 aliphatic rings. The third-order valence-corrected chi connectivity index (χ3v) is 4.20. The van der Waals surface area contributed by atoms with Crippen LogP contribution in [0.2, 0.25) is 0 Å². The van der Waals surface area contributed by atoms with E-state index in [0.717, 1.165) is 22.8 Å². The van der Waals surface area contributed by atoms with Gasteiger partial charge in [-0.1, -0.05) is 24.3 Å². The largest absolute Gasteiger partial charge is 0.496 e. The molecule has 0 saturated heterocycles. The Morgan fingerprint density at radius 1 is 1.33 bits per heavy atom. The highest BCUT2D eigenvalue weighted by atomic mass is 32.1. The van der Waals surface area contributed by atoms with Gasteiger partial charge in [-0.25, -0.2) is 4.79 Å². The van der Waals surface area contributed by atoms with E-state index in [1.54, 1.807) is 19.3 Å². The summed E-state index contributed by atoms with van der Waals surface area (Å²) in [5, 5.41) is 4.21. The zero-order chi connectivity index (χ0) is 19.6. The second kappa shape index (κ2) is 10.0. The summed E-state index contributed by atoms with van der Waals surface area (Å²) in [6.45, 7) is 3.84. The number of carbonyl (C=O) groups excluding carboxylic acids is 1. The van der Waals surface area contributed by atoms with E-state index in [4.69, 9.17) is 4.74 Å². The SMILES string of the molecule is C=CCN=c1c(=O)cc(C(=O)OC)sn1/N=C/C=C/c1ccccc1OC. The lowest BCUT2D eigenvalue weighted by molar-refractivity contribution is 0.0605. The van der Waals surface area contributed by atoms with Crippen LogP contribution in [0.4, 0.5) is 0 Å². The molecule has 0 saturated carbocycles. The maximum atomic E-state index is 12.3. The average molecular weight is 385 g/mol. The van der Waals surface area contributed by atoms with Crippen LogP contribution in [0.3, 0.4) is 0 Å². The van der Waals surface area contributed by atoms with E-state index >= 15 is 0 Å². The normalized spacial score (nSPS) is 11.9. The van der Waals surface area contributed by atoms with Crippen LogP contribution in [0.5, 0.6) is 5.75 Å². The number of hydrogen-bond acceptors (Lipinski definition) is 7. The van der Waals surface area contributed by atoms with Crippen LogP contribution in [0.1, 0.15) is 15.2 Å². The molecule has 0 amide bonds. The second-order valence-electron chi connectivity index (χ2n) is 5.05. The van der Waals surface area contributed by atoms with E-state index in [1.165, 1.54) is 23.5 Å². The number of nitrogens with zero attached hydrogens (tertiary/aromatic N) is 3. The number of allylic oxidation sites excluding steroid dienone is 1. The van der Waals surface area contributed by atoms with E-state index in [1.807, 2.05) is 30.3 Å². The lowest BCUT2D eigenvalue weighted by Gasteiger charge is -2.03. The maximum Gasteiger partial charge on any atom is 0.349 e. The number of para-hydroxylation sites is 1. The van der Waals surface area contributed by atoms with Gasteiger partial charge in [0.15, 0.2) is 0 Å². The highest BCUT2D eigenvalue weighted by Gasteiger charge is 2.11.